The zero-order valence-corrected chi connectivity index (χ0v) is 30.8. The number of carbonyl (C=O) groups is 1. The summed E-state index contributed by atoms with van der Waals surface area (Å²) in [6.07, 6.45) is 4.28. The smallest absolute Gasteiger partial charge is 0.222 e. The summed E-state index contributed by atoms with van der Waals surface area (Å²) in [5.41, 5.74) is 0.489. The molecule has 5 heterocycles. The zero-order valence-electron chi connectivity index (χ0n) is 30.8. The van der Waals surface area contributed by atoms with E-state index >= 15 is 0 Å². The Kier molecular flexibility index (Phi) is 10.2. The Hall–Kier alpha value is -4.71. The molecule has 0 bridgehead atoms. The lowest BCUT2D eigenvalue weighted by molar-refractivity contribution is -0.763. The van der Waals surface area contributed by atoms with Crippen molar-refractivity contribution in [2.75, 3.05) is 26.3 Å². The van der Waals surface area contributed by atoms with Gasteiger partial charge in [-0.25, -0.2) is 9.78 Å². The number of nitrogens with one attached hydrogen (secondary N) is 2. The van der Waals surface area contributed by atoms with Crippen LogP contribution in [0, 0.1) is 18.8 Å². The van der Waals surface area contributed by atoms with Gasteiger partial charge in [-0.1, -0.05) is 24.3 Å². The molecule has 1 saturated heterocycles. The SMILES string of the molecule is Cc1cc(=O)c2cc3c(c([NH+]4C=C5N=CC=C5C4)c2o1)OC1(CC=CC(C2CNC(=O)C2)C1)C(OOCC(O)(Cc1ccc(O)cc1)C(O)C(O)C(O)CO)C3. The van der Waals surface area contributed by atoms with Crippen LogP contribution in [-0.4, -0.2) is 105 Å². The summed E-state index contributed by atoms with van der Waals surface area (Å²) < 4.78 is 13.5. The third kappa shape index (κ3) is 7.09. The highest BCUT2D eigenvalue weighted by molar-refractivity contribution is 5.90. The van der Waals surface area contributed by atoms with Gasteiger partial charge in [-0.15, -0.1) is 0 Å². The Morgan fingerprint density at radius 1 is 1.14 bits per heavy atom. The number of amides is 1. The first kappa shape index (κ1) is 38.2. The Labute approximate surface area is 321 Å². The van der Waals surface area contributed by atoms with E-state index in [2.05, 4.69) is 16.4 Å². The van der Waals surface area contributed by atoms with Crippen molar-refractivity contribution in [2.45, 2.75) is 74.6 Å². The lowest BCUT2D eigenvalue weighted by Gasteiger charge is -2.47. The molecule has 0 saturated carbocycles. The van der Waals surface area contributed by atoms with Gasteiger partial charge in [0.05, 0.1) is 12.0 Å². The lowest BCUT2D eigenvalue weighted by atomic mass is 9.71. The first-order valence-corrected chi connectivity index (χ1v) is 18.8. The van der Waals surface area contributed by atoms with Gasteiger partial charge in [0, 0.05) is 55.6 Å². The molecule has 8 N–H and O–H groups in total. The number of phenols is 1. The van der Waals surface area contributed by atoms with Crippen LogP contribution < -0.4 is 20.4 Å². The maximum atomic E-state index is 13.5. The summed E-state index contributed by atoms with van der Waals surface area (Å²) in [5.74, 6) is 0.864. The molecule has 1 aromatic heterocycles. The monoisotopic (exact) mass is 772 g/mol. The van der Waals surface area contributed by atoms with E-state index in [0.29, 0.717) is 71.6 Å². The van der Waals surface area contributed by atoms with Crippen molar-refractivity contribution in [3.05, 3.63) is 99.2 Å². The summed E-state index contributed by atoms with van der Waals surface area (Å²) in [6.45, 7) is 1.21. The van der Waals surface area contributed by atoms with E-state index < -0.39 is 48.8 Å². The van der Waals surface area contributed by atoms with Gasteiger partial charge in [-0.05, 0) is 55.0 Å². The van der Waals surface area contributed by atoms with Crippen molar-refractivity contribution in [3.63, 3.8) is 0 Å². The fourth-order valence-corrected chi connectivity index (χ4v) is 8.67. The normalized spacial score (nSPS) is 27.9. The van der Waals surface area contributed by atoms with Crippen LogP contribution in [-0.2, 0) is 27.4 Å². The highest BCUT2D eigenvalue weighted by Crippen LogP contribution is 2.49. The molecule has 56 heavy (non-hydrogen) atoms. The number of aliphatic hydroxyl groups is 5. The van der Waals surface area contributed by atoms with E-state index in [1.165, 1.54) is 30.3 Å². The van der Waals surface area contributed by atoms with E-state index in [-0.39, 0.29) is 41.8 Å². The molecule has 296 valence electrons. The van der Waals surface area contributed by atoms with Crippen LogP contribution in [0.5, 0.6) is 11.5 Å². The molecule has 2 aromatic carbocycles. The number of aliphatic hydroxyl groups excluding tert-OH is 4. The van der Waals surface area contributed by atoms with Crippen LogP contribution in [0.3, 0.4) is 0 Å². The minimum atomic E-state index is -2.26. The van der Waals surface area contributed by atoms with Crippen molar-refractivity contribution in [1.29, 1.82) is 0 Å². The number of hydrogen-bond donors (Lipinski definition) is 8. The number of fused-ring (bicyclic) bond motifs is 3. The van der Waals surface area contributed by atoms with Gasteiger partial charge in [-0.3, -0.25) is 19.5 Å². The van der Waals surface area contributed by atoms with E-state index in [1.807, 2.05) is 18.4 Å². The Bertz CT molecular complexity index is 2200. The van der Waals surface area contributed by atoms with Gasteiger partial charge in [0.25, 0.3) is 0 Å². The quantitative estimate of drug-likeness (QED) is 0.0709. The molecule has 1 aliphatic carbocycles. The number of allylic oxidation sites excluding steroid dienone is 2. The first-order chi connectivity index (χ1) is 26.9. The van der Waals surface area contributed by atoms with Crippen LogP contribution in [0.15, 0.2) is 86.3 Å². The van der Waals surface area contributed by atoms with E-state index in [4.69, 9.17) is 18.9 Å². The number of quaternary nitrogens is 1. The molecule has 4 aliphatic heterocycles. The maximum absolute atomic E-state index is 13.5. The Balaban J connectivity index is 1.17. The largest absolute Gasteiger partial charge is 0.508 e. The minimum absolute atomic E-state index is 0.00216. The molecule has 9 atom stereocenters. The second kappa shape index (κ2) is 15.0. The molecule has 15 heteroatoms. The number of benzene rings is 2. The van der Waals surface area contributed by atoms with Crippen LogP contribution in [0.1, 0.15) is 36.1 Å². The fourth-order valence-electron chi connectivity index (χ4n) is 8.67. The lowest BCUT2D eigenvalue weighted by Crippen LogP contribution is -3.01. The highest BCUT2D eigenvalue weighted by Gasteiger charge is 2.53. The van der Waals surface area contributed by atoms with Crippen molar-refractivity contribution >= 4 is 28.8 Å². The zero-order chi connectivity index (χ0) is 39.4. The van der Waals surface area contributed by atoms with Crippen molar-refractivity contribution in [2.24, 2.45) is 16.8 Å². The number of hydrogen-bond acceptors (Lipinski definition) is 13. The number of ether oxygens (including phenoxy) is 1. The van der Waals surface area contributed by atoms with Crippen molar-refractivity contribution < 1.29 is 59.3 Å². The number of aromatic hydroxyl groups is 1. The van der Waals surface area contributed by atoms with Crippen molar-refractivity contribution in [1.82, 2.24) is 5.32 Å². The van der Waals surface area contributed by atoms with E-state index in [9.17, 15) is 40.2 Å². The summed E-state index contributed by atoms with van der Waals surface area (Å²) >= 11 is 0. The number of rotatable bonds is 12. The standard InChI is InChI=1S/C41H45N3O12/c1-22-11-31(47)29-12-26-13-33(56-53-21-40(52,39(51)36(50)32(48)20-45)15-23-4-6-28(46)7-5-23)41(9-2-3-24(16-41)27-14-34(49)43-17-27)55-37(26)35(38(29)54-22)44-18-25-8-10-42-30(25)19-44/h2-8,10-12,19,24,27,32-33,36,39,45-46,48,50-52H,9,13-18,20-21H2,1H3,(H,43,49)/p+1. The molecule has 3 aromatic rings. The van der Waals surface area contributed by atoms with Crippen LogP contribution in [0.25, 0.3) is 11.0 Å². The number of aryl methyl sites for hydroxylation is 1. The van der Waals surface area contributed by atoms with E-state index in [0.717, 1.165) is 16.2 Å². The molecule has 15 nitrogen and oxygen atoms in total. The molecule has 1 amide bonds. The van der Waals surface area contributed by atoms with Crippen LogP contribution in [0.2, 0.25) is 0 Å². The van der Waals surface area contributed by atoms with Gasteiger partial charge in [-0.2, -0.15) is 0 Å². The summed E-state index contributed by atoms with van der Waals surface area (Å²) in [4.78, 5) is 43.3. The molecule has 1 spiro atoms. The maximum Gasteiger partial charge on any atom is 0.222 e. The predicted molar refractivity (Wildman–Crippen MR) is 200 cm³/mol. The van der Waals surface area contributed by atoms with Gasteiger partial charge < -0.3 is 45.1 Å². The second-order valence-electron chi connectivity index (χ2n) is 15.7. The van der Waals surface area contributed by atoms with Crippen LogP contribution in [0.4, 0.5) is 5.69 Å². The highest BCUT2D eigenvalue weighted by atomic mass is 17.2. The molecular formula is C41H46N3O12+. The molecule has 5 aliphatic rings. The molecule has 1 fully saturated rings. The number of carbonyl (C=O) groups excluding carboxylic acids is 1. The molecule has 9 unspecified atom stereocenters. The third-order valence-corrected chi connectivity index (χ3v) is 11.7. The average molecular weight is 773 g/mol. The summed E-state index contributed by atoms with van der Waals surface area (Å²) in [6, 6.07) is 9.03. The first-order valence-electron chi connectivity index (χ1n) is 18.8. The number of phenolic OH excluding ortho intramolecular Hbond substituents is 1. The summed E-state index contributed by atoms with van der Waals surface area (Å²) in [5, 5.41) is 66.5. The molecule has 0 radical (unpaired) electrons. The van der Waals surface area contributed by atoms with Gasteiger partial charge >= 0.3 is 0 Å². The topological polar surface area (TPSA) is 225 Å². The fraction of sp³-hybridized carbons (Fsp3) is 0.439. The van der Waals surface area contributed by atoms with E-state index in [1.54, 1.807) is 19.2 Å². The van der Waals surface area contributed by atoms with Gasteiger partial charge in [0.2, 0.25) is 17.2 Å². The van der Waals surface area contributed by atoms with Crippen molar-refractivity contribution in [3.8, 4) is 11.5 Å². The van der Waals surface area contributed by atoms with Crippen LogP contribution >= 0.6 is 0 Å². The Morgan fingerprint density at radius 3 is 2.68 bits per heavy atom. The average Bonchev–Trinajstić information content (AvgIpc) is 3.92. The predicted octanol–water partition coefficient (Wildman–Crippen LogP) is 0.331. The third-order valence-electron chi connectivity index (χ3n) is 11.7. The van der Waals surface area contributed by atoms with Gasteiger partial charge in [0.1, 0.15) is 72.2 Å². The molecule has 8 rings (SSSR count). The number of aliphatic imine (C=N–C) groups is 1. The Morgan fingerprint density at radius 2 is 1.95 bits per heavy atom. The second-order valence-corrected chi connectivity index (χ2v) is 15.7. The molecular weight excluding hydrogens is 726 g/mol. The summed E-state index contributed by atoms with van der Waals surface area (Å²) in [7, 11) is 0. The van der Waals surface area contributed by atoms with Gasteiger partial charge in [0.15, 0.2) is 11.2 Å². The number of nitrogens with zero attached hydrogens (tertiary/aromatic N) is 1. The minimum Gasteiger partial charge on any atom is -0.508 e.